The van der Waals surface area contributed by atoms with Crippen LogP contribution in [0.25, 0.3) is 0 Å². The molecule has 0 spiro atoms. The molecule has 1 aliphatic rings. The summed E-state index contributed by atoms with van der Waals surface area (Å²) in [6.45, 7) is 0.356. The quantitative estimate of drug-likeness (QED) is 0.565. The van der Waals surface area contributed by atoms with Crippen molar-refractivity contribution in [2.45, 2.75) is 44.1 Å². The van der Waals surface area contributed by atoms with Gasteiger partial charge in [0.2, 0.25) is 0 Å². The molecule has 1 saturated carbocycles. The highest BCUT2D eigenvalue weighted by Crippen LogP contribution is 2.33. The monoisotopic (exact) mass is 207 g/mol. The lowest BCUT2D eigenvalue weighted by Crippen LogP contribution is -2.36. The summed E-state index contributed by atoms with van der Waals surface area (Å²) in [5.41, 5.74) is -0.137. The molecule has 0 unspecified atom stereocenters. The Morgan fingerprint density at radius 1 is 1.27 bits per heavy atom. The van der Waals surface area contributed by atoms with Crippen molar-refractivity contribution >= 4 is 0 Å². The van der Waals surface area contributed by atoms with E-state index in [0.29, 0.717) is 6.54 Å². The van der Waals surface area contributed by atoms with Gasteiger partial charge in [-0.05, 0) is 18.9 Å². The van der Waals surface area contributed by atoms with Crippen molar-refractivity contribution in [3.05, 3.63) is 23.4 Å². The molecule has 0 N–H and O–H groups in total. The van der Waals surface area contributed by atoms with Crippen molar-refractivity contribution in [1.82, 2.24) is 9.78 Å². The van der Waals surface area contributed by atoms with Crippen LogP contribution in [0.5, 0.6) is 0 Å². The van der Waals surface area contributed by atoms with Gasteiger partial charge >= 0.3 is 0 Å². The van der Waals surface area contributed by atoms with Crippen molar-refractivity contribution in [3.8, 4) is 0 Å². The maximum atomic E-state index is 10.6. The van der Waals surface area contributed by atoms with Crippen LogP contribution < -0.4 is 0 Å². The van der Waals surface area contributed by atoms with Crippen LogP contribution in [0.2, 0.25) is 0 Å². The van der Waals surface area contributed by atoms with Gasteiger partial charge in [0.15, 0.2) is 0 Å². The summed E-state index contributed by atoms with van der Waals surface area (Å²) < 4.78 is 1.94. The van der Waals surface area contributed by atoms with Crippen molar-refractivity contribution in [2.24, 2.45) is 5.18 Å². The minimum atomic E-state index is -0.137. The van der Waals surface area contributed by atoms with E-state index in [9.17, 15) is 4.91 Å². The third-order valence-corrected chi connectivity index (χ3v) is 3.38. The topological polar surface area (TPSA) is 47.2 Å². The smallest absolute Gasteiger partial charge is 0.106 e. The van der Waals surface area contributed by atoms with Crippen LogP contribution >= 0.6 is 0 Å². The fraction of sp³-hybridized carbons (Fsp3) is 0.727. The summed E-state index contributed by atoms with van der Waals surface area (Å²) >= 11 is 0. The maximum absolute atomic E-state index is 10.6. The molecule has 0 atom stereocenters. The lowest BCUT2D eigenvalue weighted by Gasteiger charge is -2.30. The Hall–Kier alpha value is -1.19. The van der Waals surface area contributed by atoms with Gasteiger partial charge < -0.3 is 0 Å². The first-order valence-electron chi connectivity index (χ1n) is 5.67. The summed E-state index contributed by atoms with van der Waals surface area (Å²) in [7, 11) is 0. The second kappa shape index (κ2) is 4.55. The predicted octanol–water partition coefficient (Wildman–Crippen LogP) is 2.70. The largest absolute Gasteiger partial charge is 0.265 e. The molecule has 0 radical (unpaired) electrons. The maximum Gasteiger partial charge on any atom is 0.106 e. The first-order chi connectivity index (χ1) is 7.37. The summed E-state index contributed by atoms with van der Waals surface area (Å²) in [6.07, 6.45) is 10.7. The molecule has 1 aromatic heterocycles. The molecule has 4 heteroatoms. The van der Waals surface area contributed by atoms with Crippen LogP contribution in [0.15, 0.2) is 23.6 Å². The number of nitrogens with zero attached hydrogens (tertiary/aromatic N) is 3. The Morgan fingerprint density at radius 3 is 2.53 bits per heavy atom. The number of nitroso groups, excluding NO2 is 1. The highest BCUT2D eigenvalue weighted by atomic mass is 16.3. The van der Waals surface area contributed by atoms with E-state index in [0.717, 1.165) is 12.8 Å². The minimum absolute atomic E-state index is 0.137. The van der Waals surface area contributed by atoms with E-state index in [1.807, 2.05) is 16.9 Å². The fourth-order valence-corrected chi connectivity index (χ4v) is 2.52. The second-order valence-corrected chi connectivity index (χ2v) is 4.38. The average Bonchev–Trinajstić information content (AvgIpc) is 2.68. The SMILES string of the molecule is O=NCC1(n2cccn2)CCCCCC1. The molecule has 1 aliphatic carbocycles. The van der Waals surface area contributed by atoms with Gasteiger partial charge in [0, 0.05) is 12.4 Å². The molecule has 0 aliphatic heterocycles. The Balaban J connectivity index is 2.25. The van der Waals surface area contributed by atoms with Gasteiger partial charge in [0.05, 0.1) is 5.54 Å². The highest BCUT2D eigenvalue weighted by molar-refractivity contribution is 4.93. The third kappa shape index (κ3) is 2.08. The molecule has 15 heavy (non-hydrogen) atoms. The Labute approximate surface area is 89.6 Å². The van der Waals surface area contributed by atoms with Crippen LogP contribution in [0.1, 0.15) is 38.5 Å². The van der Waals surface area contributed by atoms with E-state index in [4.69, 9.17) is 0 Å². The van der Waals surface area contributed by atoms with Crippen LogP contribution in [-0.4, -0.2) is 16.3 Å². The van der Waals surface area contributed by atoms with Crippen molar-refractivity contribution < 1.29 is 0 Å². The van der Waals surface area contributed by atoms with E-state index in [2.05, 4.69) is 10.3 Å². The Morgan fingerprint density at radius 2 is 2.00 bits per heavy atom. The zero-order chi connectivity index (χ0) is 10.6. The van der Waals surface area contributed by atoms with Gasteiger partial charge in [0.1, 0.15) is 6.54 Å². The van der Waals surface area contributed by atoms with Gasteiger partial charge in [-0.25, -0.2) is 0 Å². The van der Waals surface area contributed by atoms with Gasteiger partial charge in [0.25, 0.3) is 0 Å². The van der Waals surface area contributed by atoms with Gasteiger partial charge in [-0.3, -0.25) is 4.68 Å². The molecular weight excluding hydrogens is 190 g/mol. The molecule has 1 fully saturated rings. The number of hydrogen-bond donors (Lipinski definition) is 0. The molecule has 4 nitrogen and oxygen atoms in total. The number of rotatable bonds is 3. The third-order valence-electron chi connectivity index (χ3n) is 3.38. The molecule has 1 heterocycles. The highest BCUT2D eigenvalue weighted by Gasteiger charge is 2.33. The van der Waals surface area contributed by atoms with Gasteiger partial charge in [-0.2, -0.15) is 10.0 Å². The molecule has 82 valence electrons. The Bertz CT molecular complexity index is 300. The molecule has 1 aromatic rings. The van der Waals surface area contributed by atoms with E-state index < -0.39 is 0 Å². The van der Waals surface area contributed by atoms with Gasteiger partial charge in [-0.1, -0.05) is 30.9 Å². The summed E-state index contributed by atoms with van der Waals surface area (Å²) in [5, 5.41) is 7.41. The number of aromatic nitrogens is 2. The van der Waals surface area contributed by atoms with Crippen LogP contribution in [0.4, 0.5) is 0 Å². The molecule has 0 aromatic carbocycles. The first-order valence-corrected chi connectivity index (χ1v) is 5.67. The minimum Gasteiger partial charge on any atom is -0.265 e. The van der Waals surface area contributed by atoms with E-state index in [1.165, 1.54) is 25.7 Å². The van der Waals surface area contributed by atoms with E-state index in [1.54, 1.807) is 6.20 Å². The molecule has 0 bridgehead atoms. The second-order valence-electron chi connectivity index (χ2n) is 4.38. The zero-order valence-electron chi connectivity index (χ0n) is 8.93. The van der Waals surface area contributed by atoms with E-state index >= 15 is 0 Å². The van der Waals surface area contributed by atoms with Crippen molar-refractivity contribution in [3.63, 3.8) is 0 Å². The lowest BCUT2D eigenvalue weighted by atomic mass is 9.90. The van der Waals surface area contributed by atoms with Crippen LogP contribution in [0.3, 0.4) is 0 Å². The van der Waals surface area contributed by atoms with Crippen LogP contribution in [0, 0.1) is 4.91 Å². The zero-order valence-corrected chi connectivity index (χ0v) is 8.93. The van der Waals surface area contributed by atoms with Crippen molar-refractivity contribution in [2.75, 3.05) is 6.54 Å². The normalized spacial score (nSPS) is 20.8. The lowest BCUT2D eigenvalue weighted by molar-refractivity contribution is 0.229. The predicted molar refractivity (Wildman–Crippen MR) is 58.6 cm³/mol. The van der Waals surface area contributed by atoms with Crippen LogP contribution in [-0.2, 0) is 5.54 Å². The summed E-state index contributed by atoms with van der Waals surface area (Å²) in [6, 6.07) is 1.91. The Kier molecular flexibility index (Phi) is 3.14. The molecular formula is C11H17N3O. The van der Waals surface area contributed by atoms with Crippen molar-refractivity contribution in [1.29, 1.82) is 0 Å². The summed E-state index contributed by atoms with van der Waals surface area (Å²) in [5.74, 6) is 0. The molecule has 0 saturated heterocycles. The fourth-order valence-electron chi connectivity index (χ4n) is 2.52. The average molecular weight is 207 g/mol. The molecule has 2 rings (SSSR count). The van der Waals surface area contributed by atoms with Gasteiger partial charge in [-0.15, -0.1) is 0 Å². The summed E-state index contributed by atoms with van der Waals surface area (Å²) in [4.78, 5) is 10.6. The number of hydrogen-bond acceptors (Lipinski definition) is 3. The first kappa shape index (κ1) is 10.3. The standard InChI is InChI=1S/C11H17N3O/c15-13-10-11(14-9-5-8-12-14)6-3-1-2-4-7-11/h5,8-9H,1-4,6-7,10H2. The van der Waals surface area contributed by atoms with E-state index in [-0.39, 0.29) is 5.54 Å². The molecule has 0 amide bonds.